The van der Waals surface area contributed by atoms with Gasteiger partial charge in [0.05, 0.1) is 44.5 Å². The zero-order valence-corrected chi connectivity index (χ0v) is 71.6. The maximum atomic E-state index is 12.6. The summed E-state index contributed by atoms with van der Waals surface area (Å²) in [6.07, 6.45) is 11.1. The summed E-state index contributed by atoms with van der Waals surface area (Å²) in [4.78, 5) is 133. The summed E-state index contributed by atoms with van der Waals surface area (Å²) in [5.41, 5.74) is 20.1. The normalized spacial score (nSPS) is 13.3. The number of aromatic nitrogens is 14. The average molecular weight is 1640 g/mol. The minimum absolute atomic E-state index is 0.200. The lowest BCUT2D eigenvalue weighted by atomic mass is 9.96. The number of nitrogens with zero attached hydrogens (tertiary/aromatic N) is 12. The molecule has 1 aliphatic carbocycles. The molecular weight excluding hydrogens is 1540 g/mol. The van der Waals surface area contributed by atoms with Gasteiger partial charge < -0.3 is 23.6 Å². The Kier molecular flexibility index (Phi) is 25.8. The Balaban J connectivity index is 0.000000132. The number of fused-ring (bicyclic) bond motifs is 8. The Morgan fingerprint density at radius 3 is 1.51 bits per heavy atom. The van der Waals surface area contributed by atoms with Crippen LogP contribution in [-0.2, 0) is 45.3 Å². The zero-order chi connectivity index (χ0) is 85.6. The van der Waals surface area contributed by atoms with Crippen LogP contribution in [0.3, 0.4) is 0 Å². The number of hydrogen-bond donors (Lipinski definition) is 4. The summed E-state index contributed by atoms with van der Waals surface area (Å²) in [7, 11) is 0. The molecule has 620 valence electrons. The number of aryl methyl sites for hydroxylation is 10. The molecule has 4 N–H and O–H groups in total. The summed E-state index contributed by atoms with van der Waals surface area (Å²) < 4.78 is 5.93. The van der Waals surface area contributed by atoms with Gasteiger partial charge in [-0.3, -0.25) is 34.1 Å². The smallest absolute Gasteiger partial charge is 0.322 e. The van der Waals surface area contributed by atoms with Crippen LogP contribution in [0.5, 0.6) is 0 Å². The van der Waals surface area contributed by atoms with Crippen LogP contribution in [0.4, 0.5) is 17.2 Å². The molecule has 3 atom stereocenters. The molecular formula is C97H103ClN16O7. The fraction of sp³-hybridized carbons (Fsp3) is 0.330. The zero-order valence-electron chi connectivity index (χ0n) is 70.8. The van der Waals surface area contributed by atoms with Crippen molar-refractivity contribution in [1.82, 2.24) is 68.5 Å². The minimum Gasteiger partial charge on any atom is -0.322 e. The highest BCUT2D eigenvalue weighted by atomic mass is 35.5. The Labute approximate surface area is 705 Å². The molecule has 121 heavy (non-hydrogen) atoms. The van der Waals surface area contributed by atoms with E-state index in [1.165, 1.54) is 92.4 Å². The molecule has 8 aliphatic rings. The summed E-state index contributed by atoms with van der Waals surface area (Å²) >= 11 is 6.03. The molecule has 7 aliphatic heterocycles. The van der Waals surface area contributed by atoms with Crippen LogP contribution in [0.2, 0.25) is 5.02 Å². The van der Waals surface area contributed by atoms with E-state index in [1.807, 2.05) is 44.0 Å². The molecule has 8 heterocycles. The molecule has 1 saturated carbocycles. The molecule has 3 unspecified atom stereocenters. The molecule has 24 heteroatoms. The topological polar surface area (TPSA) is 303 Å². The first-order chi connectivity index (χ1) is 58.1. The molecule has 23 nitrogen and oxygen atoms in total. The van der Waals surface area contributed by atoms with E-state index >= 15 is 0 Å². The summed E-state index contributed by atoms with van der Waals surface area (Å²) in [5.74, 6) is 3.45. The van der Waals surface area contributed by atoms with Gasteiger partial charge in [0.15, 0.2) is 45.7 Å². The van der Waals surface area contributed by atoms with Gasteiger partial charge in [0, 0.05) is 31.2 Å². The Hall–Kier alpha value is -12.8. The summed E-state index contributed by atoms with van der Waals surface area (Å²) in [6.45, 7) is 31.9. The summed E-state index contributed by atoms with van der Waals surface area (Å²) in [6, 6.07) is 54.4. The highest BCUT2D eigenvalue weighted by Crippen LogP contribution is 2.40. The molecule has 1 fully saturated rings. The van der Waals surface area contributed by atoms with Crippen LogP contribution >= 0.6 is 11.6 Å². The molecule has 8 aromatic carbocycles. The van der Waals surface area contributed by atoms with E-state index in [0.29, 0.717) is 84.0 Å². The first-order valence-corrected chi connectivity index (χ1v) is 42.4. The van der Waals surface area contributed by atoms with Crippen molar-refractivity contribution in [3.63, 3.8) is 0 Å². The van der Waals surface area contributed by atoms with Crippen LogP contribution in [-0.4, -0.2) is 75.1 Å². The van der Waals surface area contributed by atoms with Gasteiger partial charge in [-0.25, -0.2) is 39.3 Å². The lowest BCUT2D eigenvalue weighted by Gasteiger charge is -2.29. The van der Waals surface area contributed by atoms with Crippen LogP contribution in [0.1, 0.15) is 189 Å². The number of nitrogens with one attached hydrogen (secondary N) is 4. The number of hydrogen-bond acceptors (Lipinski definition) is 16. The van der Waals surface area contributed by atoms with Gasteiger partial charge in [0.25, 0.3) is 22.2 Å². The van der Waals surface area contributed by atoms with Crippen molar-refractivity contribution in [2.24, 2.45) is 10.9 Å². The lowest BCUT2D eigenvalue weighted by Crippen LogP contribution is -2.42. The second kappa shape index (κ2) is 36.8. The van der Waals surface area contributed by atoms with Gasteiger partial charge in [0.1, 0.15) is 5.48 Å². The molecule has 0 saturated heterocycles. The van der Waals surface area contributed by atoms with E-state index < -0.39 is 33.7 Å². The highest BCUT2D eigenvalue weighted by molar-refractivity contribution is 6.30. The average Bonchev–Trinajstić information content (AvgIpc) is 1.34. The monoisotopic (exact) mass is 1640 g/mol. The van der Waals surface area contributed by atoms with Gasteiger partial charge in [-0.15, -0.1) is 0 Å². The van der Waals surface area contributed by atoms with Crippen molar-refractivity contribution in [1.29, 1.82) is 0 Å². The SMILES string of the molecule is C=c1nc2c(c(=O)[nH]1)=Nc1cc(CC)c(C)cc1N2CCC(C)c1ccc(Cl)cc1.CCc1cc2nc3c(=O)[nH]c(=O)nc-3n(CC(C)Cc3ccc(C)cc3)c2cc1C.Cc1ccc(C(C)CCn2c3nc(=O)[nH]c(=O)c-3nc3cc(C(C)C)ccc32)cc1.Cc1ccc(CCCn2c3nc(=O)[nH]c(=O)c-3nc3cc(C4CCCC4)ccc32)cc1. The molecule has 0 bridgehead atoms. The van der Waals surface area contributed by atoms with E-state index in [4.69, 9.17) is 11.6 Å². The number of anilines is 2. The number of aromatic amines is 4. The molecule has 17 rings (SSSR count). The van der Waals surface area contributed by atoms with Gasteiger partial charge in [-0.05, 0) is 238 Å². The number of halogens is 1. The van der Waals surface area contributed by atoms with Gasteiger partial charge in [0.2, 0.25) is 0 Å². The maximum absolute atomic E-state index is 12.6. The van der Waals surface area contributed by atoms with Crippen molar-refractivity contribution in [2.75, 3.05) is 11.4 Å². The molecule has 0 spiro atoms. The molecule has 9 aromatic rings. The van der Waals surface area contributed by atoms with Gasteiger partial charge >= 0.3 is 17.1 Å². The predicted octanol–water partition coefficient (Wildman–Crippen LogP) is 16.3. The third-order valence-corrected chi connectivity index (χ3v) is 23.8. The van der Waals surface area contributed by atoms with Gasteiger partial charge in [-0.1, -0.05) is 193 Å². The summed E-state index contributed by atoms with van der Waals surface area (Å²) in [5, 5.41) is 1.08. The first kappa shape index (κ1) is 84.7. The van der Waals surface area contributed by atoms with Crippen molar-refractivity contribution in [3.8, 4) is 34.6 Å². The Bertz CT molecular complexity index is 6800. The van der Waals surface area contributed by atoms with Crippen LogP contribution in [0.25, 0.3) is 74.2 Å². The second-order valence-electron chi connectivity index (χ2n) is 32.9. The molecule has 0 amide bonds. The van der Waals surface area contributed by atoms with Crippen molar-refractivity contribution >= 4 is 68.5 Å². The van der Waals surface area contributed by atoms with Gasteiger partial charge in [-0.2, -0.15) is 15.0 Å². The third kappa shape index (κ3) is 19.3. The number of rotatable bonds is 20. The van der Waals surface area contributed by atoms with Crippen molar-refractivity contribution in [2.45, 2.75) is 197 Å². The van der Waals surface area contributed by atoms with E-state index in [-0.39, 0.29) is 28.6 Å². The Morgan fingerprint density at radius 2 is 0.950 bits per heavy atom. The third-order valence-electron chi connectivity index (χ3n) is 23.5. The van der Waals surface area contributed by atoms with E-state index in [1.54, 1.807) is 0 Å². The van der Waals surface area contributed by atoms with Crippen LogP contribution < -0.4 is 55.0 Å². The number of H-pyrrole nitrogens is 4. The van der Waals surface area contributed by atoms with Crippen LogP contribution in [0, 0.1) is 40.5 Å². The van der Waals surface area contributed by atoms with Crippen molar-refractivity contribution < 1.29 is 0 Å². The van der Waals surface area contributed by atoms with Crippen molar-refractivity contribution in [3.05, 3.63) is 319 Å². The predicted molar refractivity (Wildman–Crippen MR) is 483 cm³/mol. The van der Waals surface area contributed by atoms with E-state index in [2.05, 4.69) is 282 Å². The van der Waals surface area contributed by atoms with Crippen LogP contribution in [0.15, 0.2) is 196 Å². The fourth-order valence-corrected chi connectivity index (χ4v) is 16.7. The maximum Gasteiger partial charge on any atom is 0.349 e. The molecule has 0 radical (unpaired) electrons. The lowest BCUT2D eigenvalue weighted by molar-refractivity contribution is 0.485. The molecule has 1 aromatic heterocycles. The first-order valence-electron chi connectivity index (χ1n) is 42.0. The van der Waals surface area contributed by atoms with E-state index in [9.17, 15) is 33.6 Å². The standard InChI is InChI=1S/C25H26N4O2.C24H25ClN4O.2C24H26N4O2/c1-16-8-10-17(11-9-16)5-4-14-29-21-13-12-19(18-6-2-3-7-18)15-20(21)26-22-23(29)27-25(31)28-24(22)30;1-5-17-13-20-21(12-15(17)3)29(23-22(28-20)24(30)27-16(4)26-23)11-10-14(2)18-6-8-19(25)9-7-18;1-14(2)18-9-10-20-19(13-18)25-21-22(26-24(30)27-23(21)29)28(20)12-11-16(4)17-7-5-15(3)6-8-17;1-5-18-12-19-20(11-16(18)4)28(22-21(25-19)23(29)27-24(30)26-22)13-15(3)10-17-8-6-14(2)7-9-17/h8-13,15,18H,2-7,14H2,1H3,(H,28,30,31);6-9,12-14H,4-5,10-11H2,1-3H3,(H,27,30);5-10,13-14,16H,11-12H2,1-4H3,(H,27,29,30);6-9,11-12,15H,5,10,13H2,1-4H3,(H,27,29,30). The largest absolute Gasteiger partial charge is 0.349 e. The number of benzene rings is 8. The highest BCUT2D eigenvalue weighted by Gasteiger charge is 2.28. The fourth-order valence-electron chi connectivity index (χ4n) is 16.5. The second-order valence-corrected chi connectivity index (χ2v) is 33.4. The van der Waals surface area contributed by atoms with E-state index in [0.717, 1.165) is 100 Å². The quantitative estimate of drug-likeness (QED) is 0.0516. The Morgan fingerprint density at radius 1 is 0.471 bits per heavy atom. The minimum atomic E-state index is -0.646.